The van der Waals surface area contributed by atoms with E-state index >= 15 is 0 Å². The number of hydrogen-bond acceptors (Lipinski definition) is 5. The summed E-state index contributed by atoms with van der Waals surface area (Å²) in [5.41, 5.74) is 3.28. The van der Waals surface area contributed by atoms with E-state index in [4.69, 9.17) is 4.74 Å². The first-order valence-electron chi connectivity index (χ1n) is 6.27. The lowest BCUT2D eigenvalue weighted by Crippen LogP contribution is -2.48. The van der Waals surface area contributed by atoms with Crippen molar-refractivity contribution in [3.8, 4) is 0 Å². The SMILES string of the molecule is c1nc(CCN=C2NC3(CCOCC3)CS2)cs1. The van der Waals surface area contributed by atoms with Gasteiger partial charge in [0.05, 0.1) is 16.7 Å². The number of aliphatic imine (C=N–C) groups is 1. The Morgan fingerprint density at radius 1 is 1.44 bits per heavy atom. The lowest BCUT2D eigenvalue weighted by Gasteiger charge is -2.32. The fourth-order valence-corrected chi connectivity index (χ4v) is 4.09. The van der Waals surface area contributed by atoms with E-state index in [0.29, 0.717) is 0 Å². The van der Waals surface area contributed by atoms with Gasteiger partial charge in [-0.1, -0.05) is 11.8 Å². The molecule has 0 aromatic carbocycles. The van der Waals surface area contributed by atoms with Gasteiger partial charge < -0.3 is 10.1 Å². The molecular weight excluding hydrogens is 266 g/mol. The molecule has 2 fully saturated rings. The molecule has 2 aliphatic heterocycles. The van der Waals surface area contributed by atoms with Crippen molar-refractivity contribution in [1.29, 1.82) is 0 Å². The van der Waals surface area contributed by atoms with Crippen LogP contribution in [0.15, 0.2) is 15.9 Å². The molecule has 98 valence electrons. The molecule has 3 heterocycles. The Hall–Kier alpha value is -0.590. The smallest absolute Gasteiger partial charge is 0.157 e. The highest BCUT2D eigenvalue weighted by Gasteiger charge is 2.38. The van der Waals surface area contributed by atoms with Crippen LogP contribution in [-0.2, 0) is 11.2 Å². The molecule has 3 rings (SSSR count). The topological polar surface area (TPSA) is 46.5 Å². The van der Waals surface area contributed by atoms with Gasteiger partial charge in [0.2, 0.25) is 0 Å². The molecule has 1 spiro atoms. The van der Waals surface area contributed by atoms with Gasteiger partial charge in [-0.05, 0) is 12.8 Å². The molecule has 2 aliphatic rings. The van der Waals surface area contributed by atoms with Crippen LogP contribution >= 0.6 is 23.1 Å². The number of amidine groups is 1. The Bertz CT molecular complexity index is 413. The van der Waals surface area contributed by atoms with Gasteiger partial charge in [0.15, 0.2) is 5.17 Å². The van der Waals surface area contributed by atoms with Gasteiger partial charge in [-0.2, -0.15) is 0 Å². The fraction of sp³-hybridized carbons (Fsp3) is 0.667. The summed E-state index contributed by atoms with van der Waals surface area (Å²) in [6.45, 7) is 2.57. The van der Waals surface area contributed by atoms with Gasteiger partial charge in [0.1, 0.15) is 0 Å². The third-order valence-corrected chi connectivity index (χ3v) is 5.25. The minimum atomic E-state index is 0.252. The van der Waals surface area contributed by atoms with Crippen LogP contribution in [-0.4, -0.2) is 41.2 Å². The predicted molar refractivity (Wildman–Crippen MR) is 76.5 cm³/mol. The molecule has 0 unspecified atom stereocenters. The van der Waals surface area contributed by atoms with Gasteiger partial charge in [0, 0.05) is 37.3 Å². The molecule has 0 saturated carbocycles. The molecule has 0 aliphatic carbocycles. The van der Waals surface area contributed by atoms with Gasteiger partial charge in [-0.25, -0.2) is 4.98 Å². The van der Waals surface area contributed by atoms with E-state index in [0.717, 1.165) is 55.6 Å². The van der Waals surface area contributed by atoms with E-state index in [1.807, 2.05) is 17.3 Å². The summed E-state index contributed by atoms with van der Waals surface area (Å²) in [7, 11) is 0. The van der Waals surface area contributed by atoms with Crippen molar-refractivity contribution in [3.05, 3.63) is 16.6 Å². The summed E-state index contributed by atoms with van der Waals surface area (Å²) in [4.78, 5) is 8.91. The summed E-state index contributed by atoms with van der Waals surface area (Å²) >= 11 is 3.50. The first-order chi connectivity index (χ1) is 8.86. The zero-order valence-corrected chi connectivity index (χ0v) is 11.9. The molecule has 0 amide bonds. The maximum absolute atomic E-state index is 5.43. The largest absolute Gasteiger partial charge is 0.381 e. The molecule has 2 saturated heterocycles. The third kappa shape index (κ3) is 2.87. The number of nitrogens with zero attached hydrogens (tertiary/aromatic N) is 2. The second-order valence-electron chi connectivity index (χ2n) is 4.72. The van der Waals surface area contributed by atoms with E-state index in [2.05, 4.69) is 20.7 Å². The Morgan fingerprint density at radius 3 is 3.11 bits per heavy atom. The summed E-state index contributed by atoms with van der Waals surface area (Å²) in [6.07, 6.45) is 3.14. The van der Waals surface area contributed by atoms with Crippen LogP contribution in [0.2, 0.25) is 0 Å². The lowest BCUT2D eigenvalue weighted by atomic mass is 9.93. The monoisotopic (exact) mass is 283 g/mol. The second kappa shape index (κ2) is 5.59. The van der Waals surface area contributed by atoms with Gasteiger partial charge in [-0.3, -0.25) is 4.99 Å². The maximum atomic E-state index is 5.43. The summed E-state index contributed by atoms with van der Waals surface area (Å²) < 4.78 is 5.43. The summed E-state index contributed by atoms with van der Waals surface area (Å²) in [5, 5.41) is 6.80. The standard InChI is InChI=1S/C12H17N3OS2/c1(10-7-17-9-14-10)4-13-11-15-12(8-18-11)2-5-16-6-3-12/h7,9H,1-6,8H2,(H,13,15). The van der Waals surface area contributed by atoms with Crippen LogP contribution in [0.1, 0.15) is 18.5 Å². The Balaban J connectivity index is 1.51. The van der Waals surface area contributed by atoms with Gasteiger partial charge in [-0.15, -0.1) is 11.3 Å². The number of thiazole rings is 1. The van der Waals surface area contributed by atoms with Crippen molar-refractivity contribution in [1.82, 2.24) is 10.3 Å². The van der Waals surface area contributed by atoms with Crippen molar-refractivity contribution in [2.45, 2.75) is 24.8 Å². The van der Waals surface area contributed by atoms with Crippen molar-refractivity contribution in [3.63, 3.8) is 0 Å². The highest BCUT2D eigenvalue weighted by molar-refractivity contribution is 8.14. The first kappa shape index (κ1) is 12.4. The number of thioether (sulfide) groups is 1. The highest BCUT2D eigenvalue weighted by atomic mass is 32.2. The molecule has 0 atom stereocenters. The van der Waals surface area contributed by atoms with Crippen molar-refractivity contribution in [2.75, 3.05) is 25.5 Å². The fourth-order valence-electron chi connectivity index (χ4n) is 2.26. The van der Waals surface area contributed by atoms with E-state index in [9.17, 15) is 0 Å². The van der Waals surface area contributed by atoms with Crippen LogP contribution in [0, 0.1) is 0 Å². The molecule has 0 bridgehead atoms. The van der Waals surface area contributed by atoms with Crippen molar-refractivity contribution >= 4 is 28.3 Å². The van der Waals surface area contributed by atoms with Gasteiger partial charge >= 0.3 is 0 Å². The van der Waals surface area contributed by atoms with E-state index in [1.54, 1.807) is 11.3 Å². The quantitative estimate of drug-likeness (QED) is 0.921. The minimum Gasteiger partial charge on any atom is -0.381 e. The molecule has 1 aromatic heterocycles. The minimum absolute atomic E-state index is 0.252. The van der Waals surface area contributed by atoms with Crippen LogP contribution in [0.25, 0.3) is 0 Å². The second-order valence-corrected chi connectivity index (χ2v) is 6.41. The highest BCUT2D eigenvalue weighted by Crippen LogP contribution is 2.31. The lowest BCUT2D eigenvalue weighted by molar-refractivity contribution is 0.0555. The molecular formula is C12H17N3OS2. The molecule has 1 N–H and O–H groups in total. The normalized spacial score (nSPS) is 24.6. The van der Waals surface area contributed by atoms with Crippen molar-refractivity contribution < 1.29 is 4.74 Å². The summed E-state index contributed by atoms with van der Waals surface area (Å²) in [6, 6.07) is 0. The number of aromatic nitrogens is 1. The van der Waals surface area contributed by atoms with Crippen LogP contribution in [0.5, 0.6) is 0 Å². The Morgan fingerprint density at radius 2 is 2.33 bits per heavy atom. The number of hydrogen-bond donors (Lipinski definition) is 1. The molecule has 18 heavy (non-hydrogen) atoms. The average Bonchev–Trinajstić information content (AvgIpc) is 3.02. The zero-order valence-electron chi connectivity index (χ0n) is 10.2. The van der Waals surface area contributed by atoms with Gasteiger partial charge in [0.25, 0.3) is 0 Å². The Kier molecular flexibility index (Phi) is 3.86. The maximum Gasteiger partial charge on any atom is 0.157 e. The number of ether oxygens (including phenoxy) is 1. The van der Waals surface area contributed by atoms with E-state index in [1.165, 1.54) is 0 Å². The number of rotatable bonds is 3. The zero-order chi connectivity index (χ0) is 12.3. The van der Waals surface area contributed by atoms with Crippen molar-refractivity contribution in [2.24, 2.45) is 4.99 Å². The molecule has 1 aromatic rings. The third-order valence-electron chi connectivity index (χ3n) is 3.41. The average molecular weight is 283 g/mol. The predicted octanol–water partition coefficient (Wildman–Crippen LogP) is 1.93. The van der Waals surface area contributed by atoms with Crippen LogP contribution in [0.3, 0.4) is 0 Å². The molecule has 4 nitrogen and oxygen atoms in total. The van der Waals surface area contributed by atoms with E-state index < -0.39 is 0 Å². The Labute approximate surface area is 115 Å². The summed E-state index contributed by atoms with van der Waals surface area (Å²) in [5.74, 6) is 1.13. The first-order valence-corrected chi connectivity index (χ1v) is 8.19. The van der Waals surface area contributed by atoms with Crippen LogP contribution in [0.4, 0.5) is 0 Å². The molecule has 0 radical (unpaired) electrons. The van der Waals surface area contributed by atoms with E-state index in [-0.39, 0.29) is 5.54 Å². The number of nitrogens with one attached hydrogen (secondary N) is 1. The molecule has 6 heteroatoms. The van der Waals surface area contributed by atoms with Crippen LogP contribution < -0.4 is 5.32 Å².